The summed E-state index contributed by atoms with van der Waals surface area (Å²) in [6, 6.07) is 13.4. The van der Waals surface area contributed by atoms with Crippen molar-refractivity contribution in [2.24, 2.45) is 0 Å². The number of benzene rings is 1. The minimum Gasteiger partial charge on any atom is -0.458 e. The third-order valence-electron chi connectivity index (χ3n) is 2.95. The molecule has 0 bridgehead atoms. The second-order valence-corrected chi connectivity index (χ2v) is 4.26. The van der Waals surface area contributed by atoms with Crippen molar-refractivity contribution in [3.8, 4) is 0 Å². The number of para-hydroxylation sites is 1. The lowest BCUT2D eigenvalue weighted by atomic mass is 10.1. The Morgan fingerprint density at radius 1 is 1.11 bits per heavy atom. The molecular weight excluding hydrogens is 226 g/mol. The smallest absolute Gasteiger partial charge is 0.134 e. The molecule has 3 aromatic rings. The van der Waals surface area contributed by atoms with Crippen LogP contribution in [0, 0.1) is 0 Å². The van der Waals surface area contributed by atoms with Gasteiger partial charge in [-0.3, -0.25) is 4.98 Å². The van der Waals surface area contributed by atoms with E-state index in [1.807, 2.05) is 42.5 Å². The fourth-order valence-electron chi connectivity index (χ4n) is 2.01. The molecule has 0 aliphatic rings. The SMILES string of the molecule is OC(Cc1ccncc1)c1cc2ccccc2o1. The standard InChI is InChI=1S/C15H13NO2/c17-13(9-11-5-7-16-8-6-11)15-10-12-3-1-2-4-14(12)18-15/h1-8,10,13,17H,9H2. The molecule has 1 aromatic carbocycles. The van der Waals surface area contributed by atoms with Crippen molar-refractivity contribution in [3.63, 3.8) is 0 Å². The molecule has 0 radical (unpaired) electrons. The molecule has 3 rings (SSSR count). The zero-order valence-electron chi connectivity index (χ0n) is 9.78. The van der Waals surface area contributed by atoms with Crippen LogP contribution in [0.25, 0.3) is 11.0 Å². The first-order chi connectivity index (χ1) is 8.83. The lowest BCUT2D eigenvalue weighted by molar-refractivity contribution is 0.152. The summed E-state index contributed by atoms with van der Waals surface area (Å²) in [6.07, 6.45) is 3.35. The molecule has 2 heterocycles. The number of rotatable bonds is 3. The van der Waals surface area contributed by atoms with E-state index in [2.05, 4.69) is 4.98 Å². The maximum absolute atomic E-state index is 10.2. The van der Waals surface area contributed by atoms with Crippen molar-refractivity contribution in [1.82, 2.24) is 4.98 Å². The molecule has 1 unspecified atom stereocenters. The maximum atomic E-state index is 10.2. The molecule has 0 saturated heterocycles. The summed E-state index contributed by atoms with van der Waals surface area (Å²) in [6.45, 7) is 0. The number of aromatic nitrogens is 1. The molecule has 2 aromatic heterocycles. The van der Waals surface area contributed by atoms with Gasteiger partial charge in [0.25, 0.3) is 0 Å². The van der Waals surface area contributed by atoms with Gasteiger partial charge in [-0.05, 0) is 29.8 Å². The van der Waals surface area contributed by atoms with Gasteiger partial charge in [-0.2, -0.15) is 0 Å². The second-order valence-electron chi connectivity index (χ2n) is 4.26. The van der Waals surface area contributed by atoms with E-state index in [9.17, 15) is 5.11 Å². The zero-order valence-corrected chi connectivity index (χ0v) is 9.78. The molecule has 90 valence electrons. The molecule has 1 atom stereocenters. The molecule has 0 aliphatic carbocycles. The van der Waals surface area contributed by atoms with Gasteiger partial charge in [-0.1, -0.05) is 18.2 Å². The van der Waals surface area contributed by atoms with E-state index in [0.29, 0.717) is 12.2 Å². The summed E-state index contributed by atoms with van der Waals surface area (Å²) >= 11 is 0. The molecule has 1 N–H and O–H groups in total. The number of hydrogen-bond donors (Lipinski definition) is 1. The number of hydrogen-bond acceptors (Lipinski definition) is 3. The van der Waals surface area contributed by atoms with Crippen molar-refractivity contribution >= 4 is 11.0 Å². The van der Waals surface area contributed by atoms with Gasteiger partial charge in [0, 0.05) is 24.2 Å². The quantitative estimate of drug-likeness (QED) is 0.763. The van der Waals surface area contributed by atoms with Gasteiger partial charge >= 0.3 is 0 Å². The Balaban J connectivity index is 1.86. The first-order valence-corrected chi connectivity index (χ1v) is 5.88. The largest absolute Gasteiger partial charge is 0.458 e. The molecule has 3 nitrogen and oxygen atoms in total. The topological polar surface area (TPSA) is 46.3 Å². The van der Waals surface area contributed by atoms with Crippen LogP contribution in [0.5, 0.6) is 0 Å². The highest BCUT2D eigenvalue weighted by Crippen LogP contribution is 2.25. The number of aliphatic hydroxyl groups is 1. The zero-order chi connectivity index (χ0) is 12.4. The van der Waals surface area contributed by atoms with E-state index in [-0.39, 0.29) is 0 Å². The Hall–Kier alpha value is -2.13. The number of furan rings is 1. The van der Waals surface area contributed by atoms with Crippen molar-refractivity contribution in [1.29, 1.82) is 0 Å². The van der Waals surface area contributed by atoms with Crippen LogP contribution in [0.15, 0.2) is 59.3 Å². The first kappa shape index (κ1) is 11.0. The van der Waals surface area contributed by atoms with Crippen LogP contribution in [0.4, 0.5) is 0 Å². The van der Waals surface area contributed by atoms with Crippen LogP contribution >= 0.6 is 0 Å². The average Bonchev–Trinajstić information content (AvgIpc) is 2.84. The van der Waals surface area contributed by atoms with Crippen molar-refractivity contribution < 1.29 is 9.52 Å². The van der Waals surface area contributed by atoms with Crippen molar-refractivity contribution in [3.05, 3.63) is 66.2 Å². The van der Waals surface area contributed by atoms with Crippen LogP contribution in [-0.2, 0) is 6.42 Å². The number of fused-ring (bicyclic) bond motifs is 1. The summed E-state index contributed by atoms with van der Waals surface area (Å²) in [5, 5.41) is 11.2. The first-order valence-electron chi connectivity index (χ1n) is 5.88. The highest BCUT2D eigenvalue weighted by Gasteiger charge is 2.13. The van der Waals surface area contributed by atoms with Gasteiger partial charge in [0.1, 0.15) is 17.4 Å². The van der Waals surface area contributed by atoms with E-state index in [4.69, 9.17) is 4.42 Å². The summed E-state index contributed by atoms with van der Waals surface area (Å²) in [7, 11) is 0. The molecular formula is C15H13NO2. The summed E-state index contributed by atoms with van der Waals surface area (Å²) in [5.41, 5.74) is 1.85. The Morgan fingerprint density at radius 2 is 1.89 bits per heavy atom. The van der Waals surface area contributed by atoms with Crippen molar-refractivity contribution in [2.45, 2.75) is 12.5 Å². The minimum atomic E-state index is -0.625. The van der Waals surface area contributed by atoms with Gasteiger partial charge in [-0.15, -0.1) is 0 Å². The van der Waals surface area contributed by atoms with E-state index in [0.717, 1.165) is 16.5 Å². The van der Waals surface area contributed by atoms with E-state index >= 15 is 0 Å². The van der Waals surface area contributed by atoms with Gasteiger partial charge in [0.15, 0.2) is 0 Å². The Labute approximate surface area is 105 Å². The molecule has 0 spiro atoms. The fourth-order valence-corrected chi connectivity index (χ4v) is 2.01. The normalized spacial score (nSPS) is 12.7. The molecule has 0 amide bonds. The van der Waals surface area contributed by atoms with Gasteiger partial charge < -0.3 is 9.52 Å². The van der Waals surface area contributed by atoms with Gasteiger partial charge in [0.05, 0.1) is 0 Å². The van der Waals surface area contributed by atoms with Crippen molar-refractivity contribution in [2.75, 3.05) is 0 Å². The van der Waals surface area contributed by atoms with E-state index in [1.165, 1.54) is 0 Å². The molecule has 0 aliphatic heterocycles. The number of nitrogens with zero attached hydrogens (tertiary/aromatic N) is 1. The molecule has 0 saturated carbocycles. The van der Waals surface area contributed by atoms with Gasteiger partial charge in [0.2, 0.25) is 0 Å². The number of aliphatic hydroxyl groups excluding tert-OH is 1. The van der Waals surface area contributed by atoms with E-state index in [1.54, 1.807) is 12.4 Å². The summed E-state index contributed by atoms with van der Waals surface area (Å²) < 4.78 is 5.64. The third-order valence-corrected chi connectivity index (χ3v) is 2.95. The Morgan fingerprint density at radius 3 is 2.67 bits per heavy atom. The van der Waals surface area contributed by atoms with Crippen LogP contribution < -0.4 is 0 Å². The van der Waals surface area contributed by atoms with Crippen LogP contribution in [0.1, 0.15) is 17.4 Å². The highest BCUT2D eigenvalue weighted by atomic mass is 16.4. The van der Waals surface area contributed by atoms with Crippen LogP contribution in [0.3, 0.4) is 0 Å². The molecule has 0 fully saturated rings. The van der Waals surface area contributed by atoms with E-state index < -0.39 is 6.10 Å². The number of pyridine rings is 1. The van der Waals surface area contributed by atoms with Gasteiger partial charge in [-0.25, -0.2) is 0 Å². The fraction of sp³-hybridized carbons (Fsp3) is 0.133. The predicted molar refractivity (Wildman–Crippen MR) is 69.1 cm³/mol. The molecule has 3 heteroatoms. The highest BCUT2D eigenvalue weighted by molar-refractivity contribution is 5.77. The van der Waals surface area contributed by atoms with Crippen LogP contribution in [-0.4, -0.2) is 10.1 Å². The Bertz CT molecular complexity index is 613. The Kier molecular flexibility index (Phi) is 2.82. The molecule has 18 heavy (non-hydrogen) atoms. The average molecular weight is 239 g/mol. The third kappa shape index (κ3) is 2.13. The monoisotopic (exact) mass is 239 g/mol. The summed E-state index contributed by atoms with van der Waals surface area (Å²) in [4.78, 5) is 3.96. The summed E-state index contributed by atoms with van der Waals surface area (Å²) in [5.74, 6) is 0.605. The lowest BCUT2D eigenvalue weighted by Gasteiger charge is -2.06. The maximum Gasteiger partial charge on any atom is 0.134 e. The minimum absolute atomic E-state index is 0.530. The second kappa shape index (κ2) is 4.63. The lowest BCUT2D eigenvalue weighted by Crippen LogP contribution is -2.00. The predicted octanol–water partition coefficient (Wildman–Crippen LogP) is 3.10. The van der Waals surface area contributed by atoms with Crippen LogP contribution in [0.2, 0.25) is 0 Å².